The Labute approximate surface area is 173 Å². The predicted octanol–water partition coefficient (Wildman–Crippen LogP) is 4.70. The van der Waals surface area contributed by atoms with Crippen LogP contribution in [0.25, 0.3) is 0 Å². The van der Waals surface area contributed by atoms with E-state index < -0.39 is 20.4 Å². The van der Waals surface area contributed by atoms with Crippen LogP contribution < -0.4 is 14.2 Å². The Balaban J connectivity index is 2.41. The number of nitrogens with zero attached hydrogens (tertiary/aromatic N) is 1. The van der Waals surface area contributed by atoms with Crippen LogP contribution in [0.1, 0.15) is 20.7 Å². The molecule has 0 saturated heterocycles. The number of ketones is 1. The van der Waals surface area contributed by atoms with Crippen molar-refractivity contribution >= 4 is 43.3 Å². The molecule has 2 atom stereocenters. The summed E-state index contributed by atoms with van der Waals surface area (Å²) in [7, 11) is 4.49. The molecule has 0 saturated carbocycles. The van der Waals surface area contributed by atoms with Gasteiger partial charge in [0.05, 0.1) is 41.5 Å². The van der Waals surface area contributed by atoms with Gasteiger partial charge in [0.25, 0.3) is 5.69 Å². The third-order valence-corrected chi connectivity index (χ3v) is 6.59. The van der Waals surface area contributed by atoms with Crippen LogP contribution in [-0.4, -0.2) is 36.9 Å². The first-order chi connectivity index (χ1) is 12.8. The lowest BCUT2D eigenvalue weighted by Gasteiger charge is -2.19. The van der Waals surface area contributed by atoms with E-state index >= 15 is 0 Å². The van der Waals surface area contributed by atoms with Crippen molar-refractivity contribution in [1.29, 1.82) is 0 Å². The van der Waals surface area contributed by atoms with Gasteiger partial charge >= 0.3 is 0 Å². The lowest BCUT2D eigenvalue weighted by atomic mass is 10.0. The van der Waals surface area contributed by atoms with E-state index in [1.54, 1.807) is 18.2 Å². The average molecular weight is 503 g/mol. The highest BCUT2D eigenvalue weighted by Gasteiger charge is 2.31. The topological polar surface area (TPSA) is 87.9 Å². The van der Waals surface area contributed by atoms with Gasteiger partial charge in [0, 0.05) is 6.07 Å². The predicted molar refractivity (Wildman–Crippen MR) is 108 cm³/mol. The van der Waals surface area contributed by atoms with Gasteiger partial charge < -0.3 is 14.2 Å². The number of halogens is 2. The third kappa shape index (κ3) is 4.41. The summed E-state index contributed by atoms with van der Waals surface area (Å²) in [5.41, 5.74) is 0.469. The third-order valence-electron chi connectivity index (χ3n) is 3.88. The van der Waals surface area contributed by atoms with Crippen LogP contribution in [0, 0.1) is 10.1 Å². The van der Waals surface area contributed by atoms with Crippen LogP contribution in [0.15, 0.2) is 36.4 Å². The summed E-state index contributed by atoms with van der Waals surface area (Å²) in [6.07, 6.45) is 0. The molecule has 0 bridgehead atoms. The summed E-state index contributed by atoms with van der Waals surface area (Å²) in [5, 5.41) is 11.2. The number of nitro benzene ring substituents is 1. The summed E-state index contributed by atoms with van der Waals surface area (Å²) >= 11 is 6.86. The number of nitro groups is 1. The second kappa shape index (κ2) is 9.18. The highest BCUT2D eigenvalue weighted by molar-refractivity contribution is 9.12. The molecule has 9 heteroatoms. The zero-order chi connectivity index (χ0) is 20.1. The number of benzene rings is 2. The Morgan fingerprint density at radius 1 is 1.04 bits per heavy atom. The van der Waals surface area contributed by atoms with Crippen LogP contribution in [0.2, 0.25) is 0 Å². The normalized spacial score (nSPS) is 12.8. The zero-order valence-electron chi connectivity index (χ0n) is 14.8. The molecule has 2 aromatic rings. The molecule has 0 aromatic heterocycles. The first-order valence-electron chi connectivity index (χ1n) is 7.71. The van der Waals surface area contributed by atoms with Crippen molar-refractivity contribution in [2.75, 3.05) is 21.3 Å². The molecule has 2 aromatic carbocycles. The molecule has 144 valence electrons. The largest absolute Gasteiger partial charge is 0.493 e. The van der Waals surface area contributed by atoms with Crippen molar-refractivity contribution < 1.29 is 23.9 Å². The molecule has 27 heavy (non-hydrogen) atoms. The van der Waals surface area contributed by atoms with Crippen LogP contribution in [0.3, 0.4) is 0 Å². The molecular formula is C18H17Br2NO6. The highest BCUT2D eigenvalue weighted by Crippen LogP contribution is 2.43. The fourth-order valence-electron chi connectivity index (χ4n) is 2.55. The maximum absolute atomic E-state index is 12.8. The number of hydrogen-bond acceptors (Lipinski definition) is 6. The number of hydrogen-bond donors (Lipinski definition) is 0. The Kier molecular flexibility index (Phi) is 7.20. The molecule has 2 rings (SSSR count). The minimum absolute atomic E-state index is 0.0290. The van der Waals surface area contributed by atoms with E-state index in [0.29, 0.717) is 22.8 Å². The molecular weight excluding hydrogens is 486 g/mol. The Hall–Kier alpha value is -2.13. The molecule has 0 aliphatic carbocycles. The van der Waals surface area contributed by atoms with Crippen molar-refractivity contribution in [3.05, 3.63) is 57.6 Å². The Morgan fingerprint density at radius 3 is 2.07 bits per heavy atom. The first-order valence-corrected chi connectivity index (χ1v) is 9.54. The number of para-hydroxylation sites is 1. The molecule has 0 amide bonds. The lowest BCUT2D eigenvalue weighted by Crippen LogP contribution is -2.20. The number of carbonyl (C=O) groups excluding carboxylic acids is 1. The van der Waals surface area contributed by atoms with Gasteiger partial charge in [0.2, 0.25) is 5.75 Å². The van der Waals surface area contributed by atoms with E-state index in [1.165, 1.54) is 39.5 Å². The van der Waals surface area contributed by atoms with Gasteiger partial charge in [-0.25, -0.2) is 0 Å². The molecule has 7 nitrogen and oxygen atoms in total. The van der Waals surface area contributed by atoms with Gasteiger partial charge in [0.15, 0.2) is 17.3 Å². The van der Waals surface area contributed by atoms with E-state index in [4.69, 9.17) is 14.2 Å². The van der Waals surface area contributed by atoms with E-state index in [9.17, 15) is 14.9 Å². The van der Waals surface area contributed by atoms with E-state index in [0.717, 1.165) is 0 Å². The lowest BCUT2D eigenvalue weighted by molar-refractivity contribution is -0.385. The first kappa shape index (κ1) is 21.2. The Bertz CT molecular complexity index is 832. The molecule has 0 radical (unpaired) electrons. The zero-order valence-corrected chi connectivity index (χ0v) is 17.9. The average Bonchev–Trinajstić information content (AvgIpc) is 2.70. The number of Topliss-reactive ketones (excluding diaryl/α,β-unsaturated/α-hetero) is 1. The minimum Gasteiger partial charge on any atom is -0.493 e. The summed E-state index contributed by atoms with van der Waals surface area (Å²) < 4.78 is 16.0. The highest BCUT2D eigenvalue weighted by atomic mass is 79.9. The van der Waals surface area contributed by atoms with Crippen LogP contribution in [0.5, 0.6) is 17.2 Å². The SMILES string of the molecule is COc1cc([C@@H](Br)[C@H](Br)C(=O)c2ccccc2[N+](=O)[O-])cc(OC)c1OC. The minimum atomic E-state index is -0.763. The van der Waals surface area contributed by atoms with Crippen molar-refractivity contribution in [2.45, 2.75) is 9.65 Å². The van der Waals surface area contributed by atoms with Crippen LogP contribution in [0.4, 0.5) is 5.69 Å². The standard InChI is InChI=1S/C18H17Br2NO6/c1-25-13-8-10(9-14(26-2)18(13)27-3)15(19)16(20)17(22)11-6-4-5-7-12(11)21(23)24/h4-9,15-16H,1-3H3/t15-,16+/m1/s1. The number of carbonyl (C=O) groups is 1. The van der Waals surface area contributed by atoms with Gasteiger partial charge in [0.1, 0.15) is 0 Å². The summed E-state index contributed by atoms with van der Waals surface area (Å²) in [6.45, 7) is 0. The van der Waals surface area contributed by atoms with Gasteiger partial charge in [-0.3, -0.25) is 14.9 Å². The van der Waals surface area contributed by atoms with Crippen molar-refractivity contribution in [3.63, 3.8) is 0 Å². The maximum Gasteiger partial charge on any atom is 0.280 e. The smallest absolute Gasteiger partial charge is 0.280 e. The molecule has 0 fully saturated rings. The molecule has 0 aliphatic heterocycles. The fraction of sp³-hybridized carbons (Fsp3) is 0.278. The number of alkyl halides is 2. The summed E-state index contributed by atoms with van der Waals surface area (Å²) in [6, 6.07) is 9.26. The van der Waals surface area contributed by atoms with E-state index in [-0.39, 0.29) is 11.3 Å². The van der Waals surface area contributed by atoms with E-state index in [1.807, 2.05) is 0 Å². The number of ether oxygens (including phenoxy) is 3. The molecule has 0 aliphatic rings. The summed E-state index contributed by atoms with van der Waals surface area (Å²) in [5.74, 6) is 0.890. The fourth-order valence-corrected chi connectivity index (χ4v) is 3.61. The van der Waals surface area contributed by atoms with E-state index in [2.05, 4.69) is 31.9 Å². The van der Waals surface area contributed by atoms with Crippen LogP contribution >= 0.6 is 31.9 Å². The van der Waals surface area contributed by atoms with Crippen molar-refractivity contribution in [3.8, 4) is 17.2 Å². The number of rotatable bonds is 8. The second-order valence-electron chi connectivity index (χ2n) is 5.40. The quantitative estimate of drug-likeness (QED) is 0.225. The molecule has 0 heterocycles. The van der Waals surface area contributed by atoms with Gasteiger partial charge in [-0.15, -0.1) is 0 Å². The van der Waals surface area contributed by atoms with Crippen LogP contribution in [-0.2, 0) is 0 Å². The van der Waals surface area contributed by atoms with Gasteiger partial charge in [-0.1, -0.05) is 44.0 Å². The molecule has 0 spiro atoms. The van der Waals surface area contributed by atoms with Crippen molar-refractivity contribution in [1.82, 2.24) is 0 Å². The Morgan fingerprint density at radius 2 is 1.59 bits per heavy atom. The maximum atomic E-state index is 12.8. The van der Waals surface area contributed by atoms with Gasteiger partial charge in [-0.2, -0.15) is 0 Å². The monoisotopic (exact) mass is 501 g/mol. The molecule has 0 N–H and O–H groups in total. The van der Waals surface area contributed by atoms with Gasteiger partial charge in [-0.05, 0) is 23.8 Å². The van der Waals surface area contributed by atoms with Crippen molar-refractivity contribution in [2.24, 2.45) is 0 Å². The molecule has 0 unspecified atom stereocenters. The number of methoxy groups -OCH3 is 3. The second-order valence-corrected chi connectivity index (χ2v) is 7.37. The summed E-state index contributed by atoms with van der Waals surface area (Å²) in [4.78, 5) is 22.2.